The number of hydrogen-bond acceptors (Lipinski definition) is 12. The number of hydrogen-bond donors (Lipinski definition) is 9. The molecule has 11 N–H and O–H groups in total. The van der Waals surface area contributed by atoms with E-state index in [1.807, 2.05) is 92.4 Å². The third-order valence-electron chi connectivity index (χ3n) is 14.1. The van der Waals surface area contributed by atoms with E-state index in [1.54, 1.807) is 17.0 Å². The molecule has 0 aliphatic carbocycles. The molecule has 0 radical (unpaired) electrons. The third kappa shape index (κ3) is 16.7. The van der Waals surface area contributed by atoms with Gasteiger partial charge in [-0.05, 0) is 54.5 Å². The Balaban J connectivity index is 1.17. The highest BCUT2D eigenvalue weighted by Crippen LogP contribution is 2.29. The number of amides is 7. The topological polar surface area (TPSA) is 326 Å². The van der Waals surface area contributed by atoms with Crippen molar-refractivity contribution in [2.75, 3.05) is 44.7 Å². The van der Waals surface area contributed by atoms with Gasteiger partial charge in [-0.25, -0.2) is 9.97 Å². The number of H-pyrrole nitrogens is 1. The summed E-state index contributed by atoms with van der Waals surface area (Å²) in [6, 6.07) is 18.6. The van der Waals surface area contributed by atoms with Gasteiger partial charge in [-0.3, -0.25) is 47.9 Å². The van der Waals surface area contributed by atoms with E-state index >= 15 is 0 Å². The van der Waals surface area contributed by atoms with Gasteiger partial charge in [-0.15, -0.1) is 0 Å². The standard InChI is InChI=1S/C56H75N15O8/c1-6-8-20-44(66-53(77)48(35(3)7-2)64-36(4)72)55(79)70-27-25-69(26-28-70)40-22-23-42-41(30-40)54(78)71(34-63-42)32-46(73)65-43(21-15-24-61-56(57)58)50(74)67-45(29-39-31-60-33-62-39)51(75)68-49(52(76)59-5)47(37-16-11-9-12-17-37)38-18-13-10-14-19-38/h9-14,16-19,22-23,30-31,33-35,43-45,47-49H,6-8,15,20-21,24-29,32H2,1-5H3,(H,59,76)(H,60,62)(H,64,72)(H,65,73)(H,66,77)(H,67,74)(H,68,75)(H4,57,58,61)/t35-,43-,44-,45-,48-,49-/m0/s1. The van der Waals surface area contributed by atoms with Gasteiger partial charge in [0.1, 0.15) is 36.8 Å². The quantitative estimate of drug-likeness (QED) is 0.0204. The molecule has 0 bridgehead atoms. The molecule has 79 heavy (non-hydrogen) atoms. The lowest BCUT2D eigenvalue weighted by Crippen LogP contribution is -2.58. The van der Waals surface area contributed by atoms with E-state index < -0.39 is 77.8 Å². The molecule has 1 aliphatic heterocycles. The highest BCUT2D eigenvalue weighted by atomic mass is 16.2. The van der Waals surface area contributed by atoms with E-state index in [0.29, 0.717) is 55.9 Å². The second-order valence-electron chi connectivity index (χ2n) is 19.8. The molecule has 0 unspecified atom stereocenters. The summed E-state index contributed by atoms with van der Waals surface area (Å²) in [5.74, 6) is -4.45. The number of aliphatic imine (C=N–C) groups is 1. The first kappa shape index (κ1) is 59.6. The molecule has 0 saturated carbocycles. The first-order valence-corrected chi connectivity index (χ1v) is 26.9. The molecule has 3 aromatic carbocycles. The SMILES string of the molecule is CCCC[C@H](NC(=O)[C@@H](NC(C)=O)[C@@H](C)CC)C(=O)N1CCN(c2ccc3ncn(CC(=O)N[C@@H](CCCN=C(N)N)C(=O)N[C@@H](Cc4cnc[nH]4)C(=O)N[C@H](C(=O)NC)C(c4ccccc4)c4ccccc4)c(=O)c3c2)CC1. The summed E-state index contributed by atoms with van der Waals surface area (Å²) in [5.41, 5.74) is 13.8. The molecule has 6 rings (SSSR count). The van der Waals surface area contributed by atoms with Gasteiger partial charge in [0, 0.05) is 76.6 Å². The number of imidazole rings is 1. The zero-order chi connectivity index (χ0) is 57.0. The first-order chi connectivity index (χ1) is 38.0. The second-order valence-corrected chi connectivity index (χ2v) is 19.8. The Morgan fingerprint density at radius 2 is 1.39 bits per heavy atom. The molecule has 6 atom stereocenters. The summed E-state index contributed by atoms with van der Waals surface area (Å²) in [7, 11) is 1.47. The van der Waals surface area contributed by atoms with Crippen molar-refractivity contribution >= 4 is 63.9 Å². The molecule has 23 heteroatoms. The predicted octanol–water partition coefficient (Wildman–Crippen LogP) is 1.32. The van der Waals surface area contributed by atoms with Crippen molar-refractivity contribution in [1.82, 2.24) is 56.3 Å². The number of fused-ring (bicyclic) bond motifs is 1. The Labute approximate surface area is 459 Å². The number of rotatable bonds is 27. The van der Waals surface area contributed by atoms with Gasteiger partial charge in [0.05, 0.1) is 23.6 Å². The van der Waals surface area contributed by atoms with Gasteiger partial charge in [0.25, 0.3) is 5.56 Å². The molecule has 1 saturated heterocycles. The molecule has 2 aromatic heterocycles. The van der Waals surface area contributed by atoms with Gasteiger partial charge in [-0.2, -0.15) is 0 Å². The van der Waals surface area contributed by atoms with Gasteiger partial charge < -0.3 is 58.2 Å². The fraction of sp³-hybridized carbons (Fsp3) is 0.446. The smallest absolute Gasteiger partial charge is 0.261 e. The molecule has 7 amide bonds. The van der Waals surface area contributed by atoms with Gasteiger partial charge in [0.2, 0.25) is 41.4 Å². The molecular weight excluding hydrogens is 1010 g/mol. The number of guanidine groups is 1. The number of benzene rings is 3. The van der Waals surface area contributed by atoms with Crippen LogP contribution in [0.5, 0.6) is 0 Å². The van der Waals surface area contributed by atoms with Crippen LogP contribution in [0.25, 0.3) is 10.9 Å². The fourth-order valence-electron chi connectivity index (χ4n) is 9.58. The van der Waals surface area contributed by atoms with Gasteiger partial charge in [0.15, 0.2) is 5.96 Å². The molecule has 23 nitrogen and oxygen atoms in total. The number of likely N-dealkylation sites (N-methyl/N-ethyl adjacent to an activating group) is 1. The lowest BCUT2D eigenvalue weighted by atomic mass is 9.84. The van der Waals surface area contributed by atoms with Crippen LogP contribution in [0.1, 0.15) is 89.0 Å². The first-order valence-electron chi connectivity index (χ1n) is 26.9. The van der Waals surface area contributed by atoms with E-state index in [9.17, 15) is 38.4 Å². The number of nitrogens with zero attached hydrogens (tertiary/aromatic N) is 6. The van der Waals surface area contributed by atoms with E-state index in [1.165, 1.54) is 32.8 Å². The van der Waals surface area contributed by atoms with Crippen molar-refractivity contribution in [1.29, 1.82) is 0 Å². The number of aromatic amines is 1. The largest absolute Gasteiger partial charge is 0.370 e. The van der Waals surface area contributed by atoms with Crippen molar-refractivity contribution < 1.29 is 33.6 Å². The van der Waals surface area contributed by atoms with Crippen molar-refractivity contribution in [2.45, 2.75) is 115 Å². The van der Waals surface area contributed by atoms with Crippen molar-refractivity contribution in [2.24, 2.45) is 22.4 Å². The highest BCUT2D eigenvalue weighted by molar-refractivity contribution is 5.95. The summed E-state index contributed by atoms with van der Waals surface area (Å²) in [6.45, 7) is 8.34. The maximum atomic E-state index is 14.5. The number of nitrogens with two attached hydrogens (primary N) is 2. The number of nitrogens with one attached hydrogen (secondary N) is 7. The van der Waals surface area contributed by atoms with Crippen LogP contribution in [0, 0.1) is 5.92 Å². The van der Waals surface area contributed by atoms with Gasteiger partial charge in [-0.1, -0.05) is 101 Å². The number of carbonyl (C=O) groups is 7. The minimum absolute atomic E-state index is 0.0239. The summed E-state index contributed by atoms with van der Waals surface area (Å²) in [5, 5.41) is 17.1. The van der Waals surface area contributed by atoms with E-state index in [0.717, 1.165) is 28.5 Å². The lowest BCUT2D eigenvalue weighted by Gasteiger charge is -2.38. The zero-order valence-corrected chi connectivity index (χ0v) is 45.6. The van der Waals surface area contributed by atoms with Crippen LogP contribution >= 0.6 is 0 Å². The van der Waals surface area contributed by atoms with Crippen LogP contribution < -0.4 is 53.8 Å². The van der Waals surface area contributed by atoms with Crippen LogP contribution in [0.4, 0.5) is 5.69 Å². The maximum Gasteiger partial charge on any atom is 0.261 e. The average Bonchev–Trinajstić information content (AvgIpc) is 4.00. The van der Waals surface area contributed by atoms with Crippen molar-refractivity contribution in [3.8, 4) is 0 Å². The Morgan fingerprint density at radius 1 is 0.747 bits per heavy atom. The highest BCUT2D eigenvalue weighted by Gasteiger charge is 2.36. The summed E-state index contributed by atoms with van der Waals surface area (Å²) in [4.78, 5) is 129. The van der Waals surface area contributed by atoms with Crippen molar-refractivity contribution in [3.05, 3.63) is 125 Å². The molecule has 1 fully saturated rings. The Bertz CT molecular complexity index is 2900. The van der Waals surface area contributed by atoms with Crippen molar-refractivity contribution in [3.63, 3.8) is 0 Å². The minimum Gasteiger partial charge on any atom is -0.370 e. The average molecular weight is 1090 g/mol. The minimum atomic E-state index is -1.28. The molecule has 1 aliphatic rings. The fourth-order valence-corrected chi connectivity index (χ4v) is 9.58. The van der Waals surface area contributed by atoms with Crippen LogP contribution in [-0.4, -0.2) is 142 Å². The third-order valence-corrected chi connectivity index (χ3v) is 14.1. The molecule has 5 aromatic rings. The van der Waals surface area contributed by atoms with Gasteiger partial charge >= 0.3 is 0 Å². The monoisotopic (exact) mass is 1090 g/mol. The number of piperazine rings is 1. The Hall–Kier alpha value is -8.63. The predicted molar refractivity (Wildman–Crippen MR) is 300 cm³/mol. The number of carbonyl (C=O) groups excluding carboxylic acids is 7. The molecular formula is C56H75N15O8. The second kappa shape index (κ2) is 29.2. The van der Waals surface area contributed by atoms with Crippen LogP contribution in [-0.2, 0) is 46.5 Å². The van der Waals surface area contributed by atoms with Crippen LogP contribution in [0.2, 0.25) is 0 Å². The molecule has 0 spiro atoms. The Kier molecular flexibility index (Phi) is 22.0. The van der Waals surface area contributed by atoms with Crippen LogP contribution in [0.3, 0.4) is 0 Å². The molecule has 422 valence electrons. The maximum absolute atomic E-state index is 14.5. The molecule has 3 heterocycles. The normalized spacial score (nSPS) is 14.7. The zero-order valence-electron chi connectivity index (χ0n) is 45.6. The van der Waals surface area contributed by atoms with E-state index in [4.69, 9.17) is 11.5 Å². The van der Waals surface area contributed by atoms with E-state index in [2.05, 4.69) is 51.8 Å². The lowest BCUT2D eigenvalue weighted by molar-refractivity contribution is -0.138. The Morgan fingerprint density at radius 3 is 1.99 bits per heavy atom. The number of unbranched alkanes of at least 4 members (excludes halogenated alkanes) is 1. The number of aromatic nitrogens is 4. The number of anilines is 1. The summed E-state index contributed by atoms with van der Waals surface area (Å²) in [6.07, 6.45) is 7.03. The van der Waals surface area contributed by atoms with Crippen LogP contribution in [0.15, 0.2) is 108 Å². The summed E-state index contributed by atoms with van der Waals surface area (Å²) < 4.78 is 1.14. The van der Waals surface area contributed by atoms with E-state index in [-0.39, 0.29) is 54.9 Å². The summed E-state index contributed by atoms with van der Waals surface area (Å²) >= 11 is 0.